The van der Waals surface area contributed by atoms with Crippen LogP contribution in [0.2, 0.25) is 0 Å². The Morgan fingerprint density at radius 1 is 1.11 bits per heavy atom. The van der Waals surface area contributed by atoms with E-state index in [4.69, 9.17) is 0 Å². The molecule has 0 fully saturated rings. The lowest BCUT2D eigenvalue weighted by molar-refractivity contribution is 0.0933. The molecule has 1 aromatic heterocycles. The van der Waals surface area contributed by atoms with Gasteiger partial charge >= 0.3 is 0 Å². The first-order valence-electron chi connectivity index (χ1n) is 6.65. The normalized spacial score (nSPS) is 16.9. The summed E-state index contributed by atoms with van der Waals surface area (Å²) in [5.74, 6) is 0.0740. The molecule has 3 heteroatoms. The number of carbonyl (C=O) groups excluding carboxylic acids is 1. The van der Waals surface area contributed by atoms with Crippen molar-refractivity contribution in [1.82, 2.24) is 9.97 Å². The molecule has 0 aliphatic heterocycles. The molecule has 0 saturated heterocycles. The van der Waals surface area contributed by atoms with Gasteiger partial charge in [-0.05, 0) is 32.6 Å². The molecule has 0 saturated carbocycles. The minimum atomic E-state index is -0.0236. The average Bonchev–Trinajstić information content (AvgIpc) is 2.30. The predicted octanol–water partition coefficient (Wildman–Crippen LogP) is 3.06. The molecule has 96 valence electrons. The van der Waals surface area contributed by atoms with Crippen molar-refractivity contribution in [3.05, 3.63) is 34.9 Å². The minimum absolute atomic E-state index is 0.0236. The molecule has 3 nitrogen and oxygen atoms in total. The largest absolute Gasteiger partial charge is 0.292 e. The van der Waals surface area contributed by atoms with Gasteiger partial charge in [0.1, 0.15) is 5.69 Å². The Morgan fingerprint density at radius 2 is 1.67 bits per heavy atom. The maximum Gasteiger partial charge on any atom is 0.185 e. The second-order valence-electron chi connectivity index (χ2n) is 5.12. The monoisotopic (exact) mass is 244 g/mol. The molecule has 0 radical (unpaired) electrons. The van der Waals surface area contributed by atoms with Gasteiger partial charge in [0.15, 0.2) is 5.78 Å². The molecule has 0 bridgehead atoms. The van der Waals surface area contributed by atoms with Crippen molar-refractivity contribution in [2.75, 3.05) is 0 Å². The van der Waals surface area contributed by atoms with E-state index in [2.05, 4.69) is 22.1 Å². The van der Waals surface area contributed by atoms with Crippen molar-refractivity contribution in [3.8, 4) is 0 Å². The first kappa shape index (κ1) is 12.9. The van der Waals surface area contributed by atoms with Crippen LogP contribution in [-0.4, -0.2) is 15.8 Å². The van der Waals surface area contributed by atoms with E-state index < -0.39 is 0 Å². The number of hydrogen-bond acceptors (Lipinski definition) is 3. The summed E-state index contributed by atoms with van der Waals surface area (Å²) in [5.41, 5.74) is 3.41. The lowest BCUT2D eigenvalue weighted by atomic mass is 10.0. The first-order chi connectivity index (χ1) is 8.59. The Hall–Kier alpha value is -1.51. The molecular formula is C15H20N2O. The molecule has 18 heavy (non-hydrogen) atoms. The molecule has 2 rings (SSSR count). The van der Waals surface area contributed by atoms with Gasteiger partial charge in [0.2, 0.25) is 0 Å². The van der Waals surface area contributed by atoms with Gasteiger partial charge < -0.3 is 0 Å². The van der Waals surface area contributed by atoms with E-state index in [0.717, 1.165) is 42.8 Å². The highest BCUT2D eigenvalue weighted by Crippen LogP contribution is 2.17. The van der Waals surface area contributed by atoms with Gasteiger partial charge in [0.25, 0.3) is 0 Å². The zero-order valence-corrected chi connectivity index (χ0v) is 11.4. The smallest absolute Gasteiger partial charge is 0.185 e. The second-order valence-corrected chi connectivity index (χ2v) is 5.12. The molecule has 1 aliphatic rings. The van der Waals surface area contributed by atoms with Gasteiger partial charge in [-0.3, -0.25) is 9.78 Å². The van der Waals surface area contributed by atoms with Crippen LogP contribution in [0.25, 0.3) is 0 Å². The van der Waals surface area contributed by atoms with Crippen LogP contribution in [0, 0.1) is 12.8 Å². The lowest BCUT2D eigenvalue weighted by Gasteiger charge is -2.13. The van der Waals surface area contributed by atoms with E-state index in [-0.39, 0.29) is 11.7 Å². The van der Waals surface area contributed by atoms with Gasteiger partial charge in [0.05, 0.1) is 17.1 Å². The maximum absolute atomic E-state index is 12.1. The number of aryl methyl sites for hydroxylation is 3. The number of carbonyl (C=O) groups is 1. The number of aromatic nitrogens is 2. The molecule has 0 atom stereocenters. The third-order valence-electron chi connectivity index (χ3n) is 3.25. The molecule has 1 aliphatic carbocycles. The topological polar surface area (TPSA) is 42.9 Å². The van der Waals surface area contributed by atoms with Crippen LogP contribution in [0.1, 0.15) is 54.3 Å². The zero-order chi connectivity index (χ0) is 13.1. The van der Waals surface area contributed by atoms with E-state index in [1.54, 1.807) is 0 Å². The maximum atomic E-state index is 12.1. The van der Waals surface area contributed by atoms with Crippen LogP contribution in [0.4, 0.5) is 0 Å². The fraction of sp³-hybridized carbons (Fsp3) is 0.533. The van der Waals surface area contributed by atoms with Crippen molar-refractivity contribution in [2.45, 2.75) is 46.5 Å². The van der Waals surface area contributed by atoms with Crippen molar-refractivity contribution < 1.29 is 4.79 Å². The molecule has 0 aromatic carbocycles. The number of Topliss-reactive ketones (excluding diaryl/α,β-unsaturated/α-hetero) is 1. The summed E-state index contributed by atoms with van der Waals surface area (Å²) < 4.78 is 0. The van der Waals surface area contributed by atoms with Crippen molar-refractivity contribution in [3.63, 3.8) is 0 Å². The Kier molecular flexibility index (Phi) is 3.90. The van der Waals surface area contributed by atoms with Crippen LogP contribution in [0.15, 0.2) is 12.2 Å². The van der Waals surface area contributed by atoms with Crippen molar-refractivity contribution in [1.29, 1.82) is 0 Å². The summed E-state index contributed by atoms with van der Waals surface area (Å²) in [7, 11) is 0. The summed E-state index contributed by atoms with van der Waals surface area (Å²) in [6.07, 6.45) is 8.20. The van der Waals surface area contributed by atoms with Crippen LogP contribution in [-0.2, 0) is 12.8 Å². The number of rotatable bonds is 2. The first-order valence-corrected chi connectivity index (χ1v) is 6.65. The van der Waals surface area contributed by atoms with Gasteiger partial charge in [-0.2, -0.15) is 0 Å². The van der Waals surface area contributed by atoms with E-state index in [1.807, 2.05) is 20.8 Å². The number of ketones is 1. The van der Waals surface area contributed by atoms with Gasteiger partial charge in [-0.25, -0.2) is 4.98 Å². The average molecular weight is 244 g/mol. The second kappa shape index (κ2) is 5.42. The van der Waals surface area contributed by atoms with Gasteiger partial charge in [-0.1, -0.05) is 26.0 Å². The highest BCUT2D eigenvalue weighted by molar-refractivity contribution is 5.96. The fourth-order valence-corrected chi connectivity index (χ4v) is 2.18. The van der Waals surface area contributed by atoms with Crippen LogP contribution < -0.4 is 0 Å². The summed E-state index contributed by atoms with van der Waals surface area (Å²) >= 11 is 0. The Labute approximate surface area is 108 Å². The molecule has 0 amide bonds. The lowest BCUT2D eigenvalue weighted by Crippen LogP contribution is -2.16. The summed E-state index contributed by atoms with van der Waals surface area (Å²) in [4.78, 5) is 21.3. The van der Waals surface area contributed by atoms with Crippen molar-refractivity contribution >= 4 is 5.78 Å². The van der Waals surface area contributed by atoms with E-state index in [0.29, 0.717) is 5.69 Å². The van der Waals surface area contributed by atoms with Crippen LogP contribution in [0.5, 0.6) is 0 Å². The summed E-state index contributed by atoms with van der Waals surface area (Å²) in [6, 6.07) is 0. The fourth-order valence-electron chi connectivity index (χ4n) is 2.18. The van der Waals surface area contributed by atoms with E-state index in [9.17, 15) is 4.79 Å². The molecule has 1 aromatic rings. The van der Waals surface area contributed by atoms with Crippen LogP contribution >= 0.6 is 0 Å². The minimum Gasteiger partial charge on any atom is -0.292 e. The summed E-state index contributed by atoms with van der Waals surface area (Å²) in [6.45, 7) is 5.70. The quantitative estimate of drug-likeness (QED) is 0.593. The molecule has 0 spiro atoms. The van der Waals surface area contributed by atoms with Crippen LogP contribution in [0.3, 0.4) is 0 Å². The SMILES string of the molecule is Cc1nc2c(nc1C(=O)C(C)C)CC/C=C/CC2. The van der Waals surface area contributed by atoms with Crippen molar-refractivity contribution in [2.24, 2.45) is 5.92 Å². The standard InChI is InChI=1S/C15H20N2O/c1-10(2)15(18)14-11(3)16-12-8-6-4-5-7-9-13(12)17-14/h4-5,10H,6-9H2,1-3H3/b5-4+. The highest BCUT2D eigenvalue weighted by atomic mass is 16.1. The molecular weight excluding hydrogens is 224 g/mol. The molecule has 1 heterocycles. The third kappa shape index (κ3) is 2.66. The number of fused-ring (bicyclic) bond motifs is 1. The number of hydrogen-bond donors (Lipinski definition) is 0. The zero-order valence-electron chi connectivity index (χ0n) is 11.4. The third-order valence-corrected chi connectivity index (χ3v) is 3.25. The molecule has 0 unspecified atom stereocenters. The Morgan fingerprint density at radius 3 is 2.22 bits per heavy atom. The highest BCUT2D eigenvalue weighted by Gasteiger charge is 2.19. The van der Waals surface area contributed by atoms with E-state index >= 15 is 0 Å². The Bertz CT molecular complexity index is 490. The number of nitrogens with zero attached hydrogens (tertiary/aromatic N) is 2. The Balaban J connectivity index is 2.41. The van der Waals surface area contributed by atoms with E-state index in [1.165, 1.54) is 0 Å². The van der Waals surface area contributed by atoms with Gasteiger partial charge in [-0.15, -0.1) is 0 Å². The predicted molar refractivity (Wildman–Crippen MR) is 71.7 cm³/mol. The number of allylic oxidation sites excluding steroid dienone is 2. The summed E-state index contributed by atoms with van der Waals surface area (Å²) in [5, 5.41) is 0. The molecule has 0 N–H and O–H groups in total. The van der Waals surface area contributed by atoms with Gasteiger partial charge in [0, 0.05) is 5.92 Å².